The fourth-order valence-electron chi connectivity index (χ4n) is 2.69. The summed E-state index contributed by atoms with van der Waals surface area (Å²) >= 11 is 0. The molecule has 1 fully saturated rings. The van der Waals surface area contributed by atoms with Crippen LogP contribution in [0.15, 0.2) is 0 Å². The fourth-order valence-corrected chi connectivity index (χ4v) is 3.86. The van der Waals surface area contributed by atoms with Gasteiger partial charge < -0.3 is 10.5 Å². The van der Waals surface area contributed by atoms with Crippen molar-refractivity contribution >= 4 is 9.84 Å². The van der Waals surface area contributed by atoms with Crippen molar-refractivity contribution < 1.29 is 13.2 Å². The van der Waals surface area contributed by atoms with E-state index in [1.807, 2.05) is 0 Å². The standard InChI is InChI=1S/C12H26N2O3S/c1-17-9-8-14(7-6-13)11-4-3-5-12(10-11)18(2,15)16/h11-12H,3-10,13H2,1-2H3. The van der Waals surface area contributed by atoms with Crippen LogP contribution >= 0.6 is 0 Å². The van der Waals surface area contributed by atoms with Crippen molar-refractivity contribution in [3.05, 3.63) is 0 Å². The van der Waals surface area contributed by atoms with Crippen molar-refractivity contribution in [1.82, 2.24) is 4.90 Å². The third-order valence-corrected chi connectivity index (χ3v) is 5.36. The number of methoxy groups -OCH3 is 1. The lowest BCUT2D eigenvalue weighted by atomic mass is 9.93. The molecule has 2 unspecified atom stereocenters. The molecule has 2 N–H and O–H groups in total. The van der Waals surface area contributed by atoms with Crippen LogP contribution < -0.4 is 5.73 Å². The third kappa shape index (κ3) is 4.84. The molecule has 2 atom stereocenters. The van der Waals surface area contributed by atoms with E-state index in [0.717, 1.165) is 38.8 Å². The van der Waals surface area contributed by atoms with Gasteiger partial charge in [0, 0.05) is 39.0 Å². The van der Waals surface area contributed by atoms with E-state index in [0.29, 0.717) is 19.2 Å². The Morgan fingerprint density at radius 3 is 2.61 bits per heavy atom. The first-order valence-electron chi connectivity index (χ1n) is 6.61. The normalized spacial score (nSPS) is 25.6. The Kier molecular flexibility index (Phi) is 6.55. The molecule has 0 saturated heterocycles. The number of nitrogens with two attached hydrogens (primary N) is 1. The van der Waals surface area contributed by atoms with E-state index in [2.05, 4.69) is 4.90 Å². The minimum atomic E-state index is -2.92. The Morgan fingerprint density at radius 1 is 1.33 bits per heavy atom. The predicted octanol–water partition coefficient (Wildman–Crippen LogP) is 0.249. The topological polar surface area (TPSA) is 72.6 Å². The maximum atomic E-state index is 11.7. The minimum Gasteiger partial charge on any atom is -0.383 e. The summed E-state index contributed by atoms with van der Waals surface area (Å²) < 4.78 is 28.4. The van der Waals surface area contributed by atoms with Gasteiger partial charge in [0.1, 0.15) is 9.84 Å². The highest BCUT2D eigenvalue weighted by atomic mass is 32.2. The van der Waals surface area contributed by atoms with Crippen LogP contribution in [0.3, 0.4) is 0 Å². The van der Waals surface area contributed by atoms with E-state index in [1.165, 1.54) is 6.26 Å². The molecule has 0 amide bonds. The van der Waals surface area contributed by atoms with Crippen LogP contribution in [0.1, 0.15) is 25.7 Å². The average molecular weight is 278 g/mol. The van der Waals surface area contributed by atoms with Crippen molar-refractivity contribution in [2.24, 2.45) is 5.73 Å². The van der Waals surface area contributed by atoms with Crippen LogP contribution in [-0.4, -0.2) is 64.2 Å². The molecule has 0 heterocycles. The molecular weight excluding hydrogens is 252 g/mol. The molecule has 1 saturated carbocycles. The Balaban J connectivity index is 2.61. The number of sulfone groups is 1. The number of ether oxygens (including phenoxy) is 1. The summed E-state index contributed by atoms with van der Waals surface area (Å²) in [5.41, 5.74) is 5.63. The second-order valence-corrected chi connectivity index (χ2v) is 7.42. The zero-order valence-electron chi connectivity index (χ0n) is 11.5. The Hall–Kier alpha value is -0.170. The van der Waals surface area contributed by atoms with Crippen LogP contribution in [0.5, 0.6) is 0 Å². The van der Waals surface area contributed by atoms with Crippen molar-refractivity contribution in [1.29, 1.82) is 0 Å². The van der Waals surface area contributed by atoms with E-state index < -0.39 is 9.84 Å². The van der Waals surface area contributed by atoms with E-state index in [4.69, 9.17) is 10.5 Å². The molecule has 18 heavy (non-hydrogen) atoms. The highest BCUT2D eigenvalue weighted by Gasteiger charge is 2.31. The van der Waals surface area contributed by atoms with Crippen LogP contribution in [-0.2, 0) is 14.6 Å². The van der Waals surface area contributed by atoms with Gasteiger partial charge in [0.15, 0.2) is 0 Å². The zero-order chi connectivity index (χ0) is 13.6. The molecule has 0 radical (unpaired) electrons. The average Bonchev–Trinajstić information content (AvgIpc) is 2.33. The van der Waals surface area contributed by atoms with Gasteiger partial charge in [-0.25, -0.2) is 8.42 Å². The van der Waals surface area contributed by atoms with Gasteiger partial charge in [-0.15, -0.1) is 0 Å². The Bertz CT molecular complexity index is 332. The first kappa shape index (κ1) is 15.9. The summed E-state index contributed by atoms with van der Waals surface area (Å²) in [5, 5.41) is -0.181. The second kappa shape index (κ2) is 7.43. The maximum Gasteiger partial charge on any atom is 0.150 e. The van der Waals surface area contributed by atoms with Crippen LogP contribution in [0, 0.1) is 0 Å². The van der Waals surface area contributed by atoms with E-state index in [9.17, 15) is 8.42 Å². The lowest BCUT2D eigenvalue weighted by Gasteiger charge is -2.36. The number of rotatable bonds is 7. The number of nitrogens with zero attached hydrogens (tertiary/aromatic N) is 1. The molecule has 0 spiro atoms. The molecule has 6 heteroatoms. The molecule has 5 nitrogen and oxygen atoms in total. The SMILES string of the molecule is COCCN(CCN)C1CCCC(S(C)(=O)=O)C1. The third-order valence-electron chi connectivity index (χ3n) is 3.72. The summed E-state index contributed by atoms with van der Waals surface area (Å²) in [4.78, 5) is 2.28. The molecule has 0 bridgehead atoms. The van der Waals surface area contributed by atoms with Crippen LogP contribution in [0.4, 0.5) is 0 Å². The van der Waals surface area contributed by atoms with Gasteiger partial charge in [-0.05, 0) is 19.3 Å². The molecule has 1 aliphatic carbocycles. The summed E-state index contributed by atoms with van der Waals surface area (Å²) in [6.07, 6.45) is 4.94. The van der Waals surface area contributed by atoms with E-state index >= 15 is 0 Å². The van der Waals surface area contributed by atoms with Crippen molar-refractivity contribution in [2.75, 3.05) is 39.6 Å². The zero-order valence-corrected chi connectivity index (χ0v) is 12.3. The van der Waals surface area contributed by atoms with Gasteiger partial charge in [0.25, 0.3) is 0 Å². The van der Waals surface area contributed by atoms with Gasteiger partial charge in [-0.1, -0.05) is 6.42 Å². The first-order valence-corrected chi connectivity index (χ1v) is 8.56. The molecule has 108 valence electrons. The summed E-state index contributed by atoms with van der Waals surface area (Å²) in [7, 11) is -1.24. The van der Waals surface area contributed by atoms with Gasteiger partial charge >= 0.3 is 0 Å². The lowest BCUT2D eigenvalue weighted by molar-refractivity contribution is 0.105. The Labute approximate surface area is 111 Å². The predicted molar refractivity (Wildman–Crippen MR) is 73.4 cm³/mol. The summed E-state index contributed by atoms with van der Waals surface area (Å²) in [5.74, 6) is 0. The first-order chi connectivity index (χ1) is 8.49. The Morgan fingerprint density at radius 2 is 2.06 bits per heavy atom. The van der Waals surface area contributed by atoms with Crippen molar-refractivity contribution in [2.45, 2.75) is 37.0 Å². The highest BCUT2D eigenvalue weighted by Crippen LogP contribution is 2.27. The highest BCUT2D eigenvalue weighted by molar-refractivity contribution is 7.91. The molecule has 0 aromatic rings. The van der Waals surface area contributed by atoms with Gasteiger partial charge in [-0.2, -0.15) is 0 Å². The van der Waals surface area contributed by atoms with Crippen molar-refractivity contribution in [3.8, 4) is 0 Å². The monoisotopic (exact) mass is 278 g/mol. The molecule has 0 aromatic carbocycles. The maximum absolute atomic E-state index is 11.7. The van der Waals surface area contributed by atoms with Crippen LogP contribution in [0.25, 0.3) is 0 Å². The summed E-state index contributed by atoms with van der Waals surface area (Å²) in [6.45, 7) is 2.91. The van der Waals surface area contributed by atoms with E-state index in [1.54, 1.807) is 7.11 Å². The quantitative estimate of drug-likeness (QED) is 0.722. The van der Waals surface area contributed by atoms with E-state index in [-0.39, 0.29) is 5.25 Å². The second-order valence-electron chi connectivity index (χ2n) is 5.09. The molecule has 1 rings (SSSR count). The number of hydrogen-bond acceptors (Lipinski definition) is 5. The molecular formula is C12H26N2O3S. The number of hydrogen-bond donors (Lipinski definition) is 1. The van der Waals surface area contributed by atoms with Gasteiger partial charge in [0.2, 0.25) is 0 Å². The molecule has 1 aliphatic rings. The largest absolute Gasteiger partial charge is 0.383 e. The minimum absolute atomic E-state index is 0.181. The molecule has 0 aliphatic heterocycles. The van der Waals surface area contributed by atoms with Gasteiger partial charge in [0.05, 0.1) is 11.9 Å². The van der Waals surface area contributed by atoms with Crippen molar-refractivity contribution in [3.63, 3.8) is 0 Å². The van der Waals surface area contributed by atoms with Gasteiger partial charge in [-0.3, -0.25) is 4.90 Å². The smallest absolute Gasteiger partial charge is 0.150 e. The van der Waals surface area contributed by atoms with Crippen LogP contribution in [0.2, 0.25) is 0 Å². The fraction of sp³-hybridized carbons (Fsp3) is 1.00. The molecule has 0 aromatic heterocycles. The lowest BCUT2D eigenvalue weighted by Crippen LogP contribution is -2.45. The summed E-state index contributed by atoms with van der Waals surface area (Å²) in [6, 6.07) is 0.331.